The molecule has 0 amide bonds. The molecule has 50 valence electrons. The van der Waals surface area contributed by atoms with Gasteiger partial charge in [0.05, 0.1) is 0 Å². The minimum absolute atomic E-state index is 0.0528. The van der Waals surface area contributed by atoms with Crippen molar-refractivity contribution in [3.8, 4) is 0 Å². The maximum absolute atomic E-state index is 7.20. The molecular weight excluding hydrogens is 140 g/mol. The van der Waals surface area contributed by atoms with Crippen molar-refractivity contribution < 1.29 is 5.48 Å². The largest absolute Gasteiger partial charge is 0.330 e. The molecule has 0 aromatic carbocycles. The van der Waals surface area contributed by atoms with Crippen LogP contribution in [0.25, 0.3) is 0 Å². The monoisotopic (exact) mass is 156 g/mol. The highest BCUT2D eigenvalue weighted by atomic mass is 33.1. The first kappa shape index (κ1) is 3.71. The van der Waals surface area contributed by atoms with Crippen molar-refractivity contribution in [2.24, 2.45) is 11.5 Å². The summed E-state index contributed by atoms with van der Waals surface area (Å²) in [5, 5.41) is 0. The maximum Gasteiger partial charge on any atom is 0.0434 e. The van der Waals surface area contributed by atoms with Gasteiger partial charge in [-0.25, -0.2) is 0 Å². The van der Waals surface area contributed by atoms with E-state index in [2.05, 4.69) is 0 Å². The van der Waals surface area contributed by atoms with Crippen LogP contribution in [-0.2, 0) is 0 Å². The molecule has 0 aromatic heterocycles. The molecule has 4 N–H and O–H groups in total. The van der Waals surface area contributed by atoms with Crippen LogP contribution >= 0.6 is 21.6 Å². The van der Waals surface area contributed by atoms with Crippen LogP contribution in [0.1, 0.15) is 5.48 Å². The van der Waals surface area contributed by atoms with Crippen LogP contribution in [0.15, 0.2) is 0 Å². The van der Waals surface area contributed by atoms with E-state index in [1.807, 2.05) is 0 Å². The lowest BCUT2D eigenvalue weighted by Crippen LogP contribution is -2.02. The third-order valence-corrected chi connectivity index (χ3v) is 2.09. The van der Waals surface area contributed by atoms with Crippen molar-refractivity contribution in [1.29, 1.82) is 0 Å². The second-order valence-electron chi connectivity index (χ2n) is 0.898. The van der Waals surface area contributed by atoms with Gasteiger partial charge in [-0.2, -0.15) is 0 Å². The van der Waals surface area contributed by atoms with E-state index in [1.54, 1.807) is 0 Å². The fraction of sp³-hybridized carbons (Fsp3) is 1.00. The number of hydrogen-bond donors (Lipinski definition) is 2. The summed E-state index contributed by atoms with van der Waals surface area (Å²) in [7, 11) is 1.96. The Morgan fingerprint density at radius 3 is 2.62 bits per heavy atom. The molecule has 0 saturated heterocycles. The highest BCUT2D eigenvalue weighted by Gasteiger charge is 1.84. The third-order valence-electron chi connectivity index (χ3n) is 0.343. The van der Waals surface area contributed by atoms with Gasteiger partial charge in [-0.1, -0.05) is 21.6 Å². The first-order valence-electron chi connectivity index (χ1n) is 4.06. The normalized spacial score (nSPS) is 20.8. The Morgan fingerprint density at radius 2 is 2.12 bits per heavy atom. The quantitative estimate of drug-likeness (QED) is 0.562. The fourth-order valence-electron chi connectivity index (χ4n) is 0.139. The molecule has 0 aliphatic carbocycles. The van der Waals surface area contributed by atoms with Crippen molar-refractivity contribution in [2.75, 3.05) is 24.5 Å². The van der Waals surface area contributed by atoms with Crippen LogP contribution in [-0.4, -0.2) is 24.5 Å². The topological polar surface area (TPSA) is 52.0 Å². The predicted molar refractivity (Wildman–Crippen MR) is 43.0 cm³/mol. The molecular formula is C4H12N2S2. The standard InChI is InChI=1S/C4H12N2S2/c5-1-3-7-8-4-2-6/h1-6H2/i1D2,4D2. The van der Waals surface area contributed by atoms with Gasteiger partial charge in [-0.3, -0.25) is 0 Å². The SMILES string of the molecule is [2H]C([2H])(N)CSSC([2H])([2H])CN. The van der Waals surface area contributed by atoms with Gasteiger partial charge in [0.1, 0.15) is 0 Å². The molecule has 0 aliphatic heterocycles. The van der Waals surface area contributed by atoms with Gasteiger partial charge in [0.2, 0.25) is 0 Å². The molecule has 4 heteroatoms. The second-order valence-corrected chi connectivity index (χ2v) is 3.08. The number of rotatable bonds is 5. The molecule has 0 fully saturated rings. The fourth-order valence-corrected chi connectivity index (χ4v) is 1.25. The van der Waals surface area contributed by atoms with Crippen LogP contribution in [0.2, 0.25) is 0 Å². The molecule has 0 atom stereocenters. The lowest BCUT2D eigenvalue weighted by molar-refractivity contribution is 1.15. The second kappa shape index (κ2) is 7.62. The van der Waals surface area contributed by atoms with Crippen LogP contribution in [0.4, 0.5) is 0 Å². The summed E-state index contributed by atoms with van der Waals surface area (Å²) >= 11 is 0. The zero-order chi connectivity index (χ0) is 9.83. The zero-order valence-electron chi connectivity index (χ0n) is 8.39. The Balaban J connectivity index is 3.57. The van der Waals surface area contributed by atoms with Crippen molar-refractivity contribution in [3.05, 3.63) is 0 Å². The summed E-state index contributed by atoms with van der Waals surface area (Å²) < 4.78 is 28.3. The Morgan fingerprint density at radius 1 is 1.38 bits per heavy atom. The van der Waals surface area contributed by atoms with E-state index in [0.29, 0.717) is 0 Å². The minimum Gasteiger partial charge on any atom is -0.330 e. The summed E-state index contributed by atoms with van der Waals surface area (Å²) in [6.07, 6.45) is 0. The molecule has 0 rings (SSSR count). The van der Waals surface area contributed by atoms with E-state index in [0.717, 1.165) is 21.6 Å². The van der Waals surface area contributed by atoms with Crippen LogP contribution in [0.3, 0.4) is 0 Å². The summed E-state index contributed by atoms with van der Waals surface area (Å²) in [6, 6.07) is 0. The molecule has 0 unspecified atom stereocenters. The first-order chi connectivity index (χ1) is 5.27. The molecule has 0 aromatic rings. The van der Waals surface area contributed by atoms with Gasteiger partial charge in [-0.15, -0.1) is 0 Å². The molecule has 0 saturated carbocycles. The van der Waals surface area contributed by atoms with Crippen molar-refractivity contribution in [3.63, 3.8) is 0 Å². The molecule has 2 nitrogen and oxygen atoms in total. The van der Waals surface area contributed by atoms with Crippen molar-refractivity contribution >= 4 is 21.6 Å². The van der Waals surface area contributed by atoms with Crippen LogP contribution in [0.5, 0.6) is 0 Å². The van der Waals surface area contributed by atoms with E-state index in [9.17, 15) is 0 Å². The van der Waals surface area contributed by atoms with Crippen molar-refractivity contribution in [1.82, 2.24) is 0 Å². The smallest absolute Gasteiger partial charge is 0.0434 e. The lowest BCUT2D eigenvalue weighted by Gasteiger charge is -1.93. The average molecular weight is 156 g/mol. The predicted octanol–water partition coefficient (Wildman–Crippen LogP) is 0.285. The highest BCUT2D eigenvalue weighted by Crippen LogP contribution is 2.18. The van der Waals surface area contributed by atoms with Gasteiger partial charge in [0.15, 0.2) is 0 Å². The number of hydrogen-bond acceptors (Lipinski definition) is 4. The summed E-state index contributed by atoms with van der Waals surface area (Å²) in [6.45, 7) is -1.83. The Kier molecular flexibility index (Phi) is 3.53. The van der Waals surface area contributed by atoms with E-state index in [-0.39, 0.29) is 12.3 Å². The van der Waals surface area contributed by atoms with E-state index in [4.69, 9.17) is 17.0 Å². The Hall–Kier alpha value is 0.620. The molecule has 0 aliphatic rings. The van der Waals surface area contributed by atoms with Gasteiger partial charge < -0.3 is 11.5 Å². The molecule has 0 radical (unpaired) electrons. The van der Waals surface area contributed by atoms with Crippen molar-refractivity contribution in [2.45, 2.75) is 0 Å². The van der Waals surface area contributed by atoms with Gasteiger partial charge in [0, 0.05) is 30.0 Å². The van der Waals surface area contributed by atoms with Gasteiger partial charge in [-0.05, 0) is 0 Å². The highest BCUT2D eigenvalue weighted by molar-refractivity contribution is 8.76. The van der Waals surface area contributed by atoms with Gasteiger partial charge in [0.25, 0.3) is 0 Å². The van der Waals surface area contributed by atoms with Gasteiger partial charge >= 0.3 is 0 Å². The lowest BCUT2D eigenvalue weighted by atomic mass is 10.8. The van der Waals surface area contributed by atoms with Crippen LogP contribution in [0, 0.1) is 0 Å². The molecule has 0 heterocycles. The Labute approximate surface area is 63.8 Å². The summed E-state index contributed by atoms with van der Waals surface area (Å²) in [5.74, 6) is 0.0528. The van der Waals surface area contributed by atoms with Crippen LogP contribution < -0.4 is 11.5 Å². The van der Waals surface area contributed by atoms with E-state index < -0.39 is 12.2 Å². The van der Waals surface area contributed by atoms with E-state index in [1.165, 1.54) is 0 Å². The van der Waals surface area contributed by atoms with E-state index >= 15 is 0 Å². The molecule has 8 heavy (non-hydrogen) atoms. The minimum atomic E-state index is -1.75. The third kappa shape index (κ3) is 6.62. The summed E-state index contributed by atoms with van der Waals surface area (Å²) in [5.41, 5.74) is 8.67. The number of nitrogens with two attached hydrogens (primary N) is 2. The first-order valence-corrected chi connectivity index (χ1v) is 4.38. The summed E-state index contributed by atoms with van der Waals surface area (Å²) in [4.78, 5) is 0. The molecule has 0 bridgehead atoms. The zero-order valence-corrected chi connectivity index (χ0v) is 6.02. The molecule has 0 spiro atoms. The maximum atomic E-state index is 7.20. The Bertz CT molecular complexity index is 138. The average Bonchev–Trinajstić information content (AvgIpc) is 1.84.